The Hall–Kier alpha value is -0.610. The Balaban J connectivity index is 0. The highest BCUT2D eigenvalue weighted by atomic mass is 16.4. The first-order valence-corrected chi connectivity index (χ1v) is 5.88. The van der Waals surface area contributed by atoms with E-state index < -0.39 is 12.1 Å². The number of rotatable bonds is 7. The molecule has 0 aliphatic rings. The van der Waals surface area contributed by atoms with E-state index in [9.17, 15) is 0 Å². The third kappa shape index (κ3) is 23.3. The van der Waals surface area contributed by atoms with Crippen LogP contribution in [-0.4, -0.2) is 34.0 Å². The molecule has 0 aromatic heterocycles. The topological polar surface area (TPSA) is 77.8 Å². The first-order chi connectivity index (χ1) is 7.40. The maximum atomic E-state index is 9.02. The van der Waals surface area contributed by atoms with E-state index in [1.165, 1.54) is 19.3 Å². The van der Waals surface area contributed by atoms with Gasteiger partial charge in [0.2, 0.25) is 0 Å². The average Bonchev–Trinajstić information content (AvgIpc) is 2.15. The van der Waals surface area contributed by atoms with Gasteiger partial charge in [-0.05, 0) is 12.3 Å². The van der Waals surface area contributed by atoms with Crippen molar-refractivity contribution >= 4 is 5.97 Å². The van der Waals surface area contributed by atoms with Crippen molar-refractivity contribution in [1.29, 1.82) is 0 Å². The second-order valence-electron chi connectivity index (χ2n) is 4.39. The molecule has 0 radical (unpaired) electrons. The van der Waals surface area contributed by atoms with Crippen molar-refractivity contribution in [2.45, 2.75) is 59.0 Å². The van der Waals surface area contributed by atoms with Gasteiger partial charge in [0.05, 0.1) is 12.7 Å². The lowest BCUT2D eigenvalue weighted by Gasteiger charge is -2.07. The van der Waals surface area contributed by atoms with Crippen LogP contribution in [0.1, 0.15) is 52.9 Å². The molecule has 0 aromatic rings. The van der Waals surface area contributed by atoms with Crippen LogP contribution in [0.5, 0.6) is 0 Å². The van der Waals surface area contributed by atoms with Gasteiger partial charge in [-0.1, -0.05) is 39.5 Å². The second-order valence-corrected chi connectivity index (χ2v) is 4.39. The van der Waals surface area contributed by atoms with E-state index in [1.54, 1.807) is 0 Å². The van der Waals surface area contributed by atoms with Crippen molar-refractivity contribution in [1.82, 2.24) is 0 Å². The van der Waals surface area contributed by atoms with Crippen molar-refractivity contribution in [3.63, 3.8) is 0 Å². The quantitative estimate of drug-likeness (QED) is 0.589. The van der Waals surface area contributed by atoms with Crippen LogP contribution in [0.2, 0.25) is 0 Å². The lowest BCUT2D eigenvalue weighted by molar-refractivity contribution is -0.134. The van der Waals surface area contributed by atoms with Gasteiger partial charge in [0.1, 0.15) is 0 Å². The predicted molar refractivity (Wildman–Crippen MR) is 64.3 cm³/mol. The zero-order valence-electron chi connectivity index (χ0n) is 10.6. The summed E-state index contributed by atoms with van der Waals surface area (Å²) >= 11 is 0. The van der Waals surface area contributed by atoms with Crippen LogP contribution >= 0.6 is 0 Å². The van der Waals surface area contributed by atoms with E-state index in [-0.39, 0.29) is 6.61 Å². The summed E-state index contributed by atoms with van der Waals surface area (Å²) in [5.74, 6) is -0.0484. The van der Waals surface area contributed by atoms with Crippen molar-refractivity contribution in [2.75, 3.05) is 6.61 Å². The van der Waals surface area contributed by atoms with Gasteiger partial charge in [0.15, 0.2) is 0 Å². The number of carboxylic acid groups (broad SMARTS) is 1. The zero-order chi connectivity index (χ0) is 13.0. The third-order valence-electron chi connectivity index (χ3n) is 2.03. The molecule has 0 fully saturated rings. The van der Waals surface area contributed by atoms with Gasteiger partial charge in [0.25, 0.3) is 5.97 Å². The molecule has 0 heterocycles. The van der Waals surface area contributed by atoms with Crippen molar-refractivity contribution < 1.29 is 20.1 Å². The fraction of sp³-hybridized carbons (Fsp3) is 0.917. The lowest BCUT2D eigenvalue weighted by atomic mass is 10.0. The van der Waals surface area contributed by atoms with E-state index in [4.69, 9.17) is 20.1 Å². The summed E-state index contributed by atoms with van der Waals surface area (Å²) in [7, 11) is 0. The van der Waals surface area contributed by atoms with Gasteiger partial charge in [0, 0.05) is 6.92 Å². The molecule has 0 spiro atoms. The summed E-state index contributed by atoms with van der Waals surface area (Å²) in [6, 6.07) is 0. The van der Waals surface area contributed by atoms with Gasteiger partial charge < -0.3 is 15.3 Å². The minimum atomic E-state index is -0.833. The molecule has 0 rings (SSSR count). The summed E-state index contributed by atoms with van der Waals surface area (Å²) in [5, 5.41) is 25.0. The Morgan fingerprint density at radius 1 is 1.12 bits per heavy atom. The molecule has 0 aliphatic heterocycles. The predicted octanol–water partition coefficient (Wildman–Crippen LogP) is 2.04. The first kappa shape index (κ1) is 17.8. The molecule has 0 aliphatic carbocycles. The molecule has 0 aromatic carbocycles. The molecule has 3 N–H and O–H groups in total. The molecule has 1 unspecified atom stereocenters. The number of hydrogen-bond donors (Lipinski definition) is 3. The monoisotopic (exact) mass is 234 g/mol. The van der Waals surface area contributed by atoms with Crippen molar-refractivity contribution in [3.8, 4) is 0 Å². The van der Waals surface area contributed by atoms with E-state index in [0.717, 1.165) is 25.7 Å². The number of unbranched alkanes of at least 4 members (excludes halogenated alkanes) is 2. The second kappa shape index (κ2) is 12.5. The third-order valence-corrected chi connectivity index (χ3v) is 2.03. The molecule has 0 saturated carbocycles. The van der Waals surface area contributed by atoms with Crippen LogP contribution in [0.15, 0.2) is 0 Å². The van der Waals surface area contributed by atoms with E-state index >= 15 is 0 Å². The molecular formula is C12H26O4. The molecule has 4 nitrogen and oxygen atoms in total. The summed E-state index contributed by atoms with van der Waals surface area (Å²) in [4.78, 5) is 9.00. The highest BCUT2D eigenvalue weighted by molar-refractivity contribution is 5.62. The number of hydrogen-bond acceptors (Lipinski definition) is 3. The van der Waals surface area contributed by atoms with Crippen LogP contribution in [-0.2, 0) is 4.79 Å². The molecule has 0 amide bonds. The maximum absolute atomic E-state index is 9.02. The molecule has 1 atom stereocenters. The van der Waals surface area contributed by atoms with E-state index in [0.29, 0.717) is 0 Å². The minimum Gasteiger partial charge on any atom is -0.481 e. The fourth-order valence-electron chi connectivity index (χ4n) is 1.20. The number of carbonyl (C=O) groups is 1. The van der Waals surface area contributed by atoms with Crippen molar-refractivity contribution in [3.05, 3.63) is 0 Å². The maximum Gasteiger partial charge on any atom is 0.300 e. The van der Waals surface area contributed by atoms with Crippen LogP contribution in [0.25, 0.3) is 0 Å². The summed E-state index contributed by atoms with van der Waals surface area (Å²) in [6.07, 6.45) is 4.98. The van der Waals surface area contributed by atoms with Gasteiger partial charge >= 0.3 is 0 Å². The highest BCUT2D eigenvalue weighted by Crippen LogP contribution is 2.10. The Morgan fingerprint density at radius 2 is 1.56 bits per heavy atom. The first-order valence-electron chi connectivity index (χ1n) is 5.88. The number of aliphatic carboxylic acids is 1. The minimum absolute atomic E-state index is 0.0931. The lowest BCUT2D eigenvalue weighted by Crippen LogP contribution is -2.11. The molecule has 16 heavy (non-hydrogen) atoms. The summed E-state index contributed by atoms with van der Waals surface area (Å²) in [6.45, 7) is 5.44. The molecule has 4 heteroatoms. The fourth-order valence-corrected chi connectivity index (χ4v) is 1.20. The Kier molecular flexibility index (Phi) is 13.8. The van der Waals surface area contributed by atoms with Gasteiger partial charge in [-0.15, -0.1) is 0 Å². The van der Waals surface area contributed by atoms with Crippen LogP contribution in [0.3, 0.4) is 0 Å². The Bertz CT molecular complexity index is 153. The number of carboxylic acids is 1. The smallest absolute Gasteiger partial charge is 0.300 e. The zero-order valence-corrected chi connectivity index (χ0v) is 10.6. The van der Waals surface area contributed by atoms with E-state index in [2.05, 4.69) is 13.8 Å². The highest BCUT2D eigenvalue weighted by Gasteiger charge is 2.00. The standard InChI is InChI=1S/C10H22O2.C2H4O2/c1-9(2)6-4-3-5-7-10(12)8-11;1-2(3)4/h9-12H,3-8H2,1-2H3;1H3,(H,3,4). The molecular weight excluding hydrogens is 208 g/mol. The van der Waals surface area contributed by atoms with Crippen LogP contribution in [0.4, 0.5) is 0 Å². The SMILES string of the molecule is CC(=O)O.CC(C)CCCCCC(O)CO. The Morgan fingerprint density at radius 3 is 1.94 bits per heavy atom. The van der Waals surface area contributed by atoms with Crippen LogP contribution < -0.4 is 0 Å². The normalized spacial score (nSPS) is 11.9. The number of aliphatic hydroxyl groups is 2. The van der Waals surface area contributed by atoms with Gasteiger partial charge in [-0.2, -0.15) is 0 Å². The molecule has 0 saturated heterocycles. The van der Waals surface area contributed by atoms with Gasteiger partial charge in [-0.25, -0.2) is 0 Å². The summed E-state index contributed by atoms with van der Waals surface area (Å²) < 4.78 is 0. The molecule has 0 bridgehead atoms. The van der Waals surface area contributed by atoms with E-state index in [1.807, 2.05) is 0 Å². The largest absolute Gasteiger partial charge is 0.481 e. The van der Waals surface area contributed by atoms with Crippen molar-refractivity contribution in [2.24, 2.45) is 5.92 Å². The Labute approximate surface area is 98.3 Å². The number of aliphatic hydroxyl groups excluding tert-OH is 2. The molecule has 98 valence electrons. The van der Waals surface area contributed by atoms with Gasteiger partial charge in [-0.3, -0.25) is 4.79 Å². The average molecular weight is 234 g/mol. The summed E-state index contributed by atoms with van der Waals surface area (Å²) in [5.41, 5.74) is 0. The van der Waals surface area contributed by atoms with Crippen LogP contribution in [0, 0.1) is 5.92 Å².